The van der Waals surface area contributed by atoms with Gasteiger partial charge in [0.05, 0.1) is 0 Å². The summed E-state index contributed by atoms with van der Waals surface area (Å²) in [6, 6.07) is 0. The molecule has 0 spiro atoms. The first-order chi connectivity index (χ1) is 12.0. The molecule has 0 saturated heterocycles. The van der Waals surface area contributed by atoms with Crippen molar-refractivity contribution in [3.63, 3.8) is 0 Å². The maximum absolute atomic E-state index is 13.7. The molecule has 0 rings (SSSR count). The minimum Gasteiger partial charge on any atom is -0.284 e. The summed E-state index contributed by atoms with van der Waals surface area (Å²) >= 11 is 0. The molecule has 0 saturated carbocycles. The summed E-state index contributed by atoms with van der Waals surface area (Å²) in [6.07, 6.45) is -33.9. The third kappa shape index (κ3) is 3.26. The van der Waals surface area contributed by atoms with Crippen LogP contribution in [0.4, 0.5) is 74.6 Å². The first kappa shape index (κ1) is 27.7. The van der Waals surface area contributed by atoms with Gasteiger partial charge in [-0.05, 0) is 0 Å². The van der Waals surface area contributed by atoms with Crippen LogP contribution in [0.3, 0.4) is 0 Å². The molecule has 0 amide bonds. The van der Waals surface area contributed by atoms with Gasteiger partial charge in [-0.3, -0.25) is 4.55 Å². The van der Waals surface area contributed by atoms with Crippen LogP contribution in [0.15, 0.2) is 0 Å². The lowest BCUT2D eigenvalue weighted by Crippen LogP contribution is -2.84. The monoisotopic (exact) mass is 500 g/mol. The van der Waals surface area contributed by atoms with Gasteiger partial charge in [0.15, 0.2) is 0 Å². The quantitative estimate of drug-likeness (QED) is 0.444. The van der Waals surface area contributed by atoms with Gasteiger partial charge in [-0.1, -0.05) is 0 Å². The number of halogens is 17. The van der Waals surface area contributed by atoms with Crippen LogP contribution in [0.1, 0.15) is 0 Å². The smallest absolute Gasteiger partial charge is 0.284 e. The summed E-state index contributed by atoms with van der Waals surface area (Å²) in [5, 5.41) is 0. The van der Waals surface area contributed by atoms with Crippen molar-refractivity contribution < 1.29 is 87.6 Å². The highest BCUT2D eigenvalue weighted by Gasteiger charge is 3.02. The fraction of sp³-hybridized carbons (Fsp3) is 1.00. The molecule has 0 aliphatic rings. The van der Waals surface area contributed by atoms with E-state index in [9.17, 15) is 83.1 Å². The molecule has 0 fully saturated rings. The van der Waals surface area contributed by atoms with Crippen molar-refractivity contribution in [2.75, 3.05) is 0 Å². The predicted octanol–water partition coefficient (Wildman–Crippen LogP) is 4.84. The van der Waals surface area contributed by atoms with Crippen molar-refractivity contribution in [3.05, 3.63) is 0 Å². The van der Waals surface area contributed by atoms with Crippen LogP contribution in [0.5, 0.6) is 0 Å². The van der Waals surface area contributed by atoms with Crippen LogP contribution in [0, 0.1) is 0 Å². The summed E-state index contributed by atoms with van der Waals surface area (Å²) < 4.78 is 237. The third-order valence-corrected chi connectivity index (χ3v) is 4.76. The molecule has 3 nitrogen and oxygen atoms in total. The van der Waals surface area contributed by atoms with Gasteiger partial charge in [0.1, 0.15) is 0 Å². The van der Waals surface area contributed by atoms with Crippen LogP contribution in [-0.2, 0) is 10.1 Å². The van der Waals surface area contributed by atoms with Crippen LogP contribution in [0.25, 0.3) is 0 Å². The van der Waals surface area contributed by atoms with Crippen LogP contribution >= 0.6 is 0 Å². The van der Waals surface area contributed by atoms with Crippen LogP contribution in [0.2, 0.25) is 0 Å². The van der Waals surface area contributed by atoms with Crippen LogP contribution < -0.4 is 0 Å². The van der Waals surface area contributed by atoms with Crippen molar-refractivity contribution in [1.82, 2.24) is 0 Å². The Hall–Kier alpha value is -1.28. The fourth-order valence-electron chi connectivity index (χ4n) is 1.98. The summed E-state index contributed by atoms with van der Waals surface area (Å²) in [5.74, 6) is -18.2. The van der Waals surface area contributed by atoms with Crippen molar-refractivity contribution in [2.24, 2.45) is 0 Å². The Morgan fingerprint density at radius 3 is 0.862 bits per heavy atom. The normalized spacial score (nSPS) is 18.6. The largest absolute Gasteiger partial charge is 0.455 e. The highest BCUT2D eigenvalue weighted by Crippen LogP contribution is 2.68. The average Bonchev–Trinajstić information content (AvgIpc) is 2.28. The van der Waals surface area contributed by atoms with Gasteiger partial charge in [-0.25, -0.2) is 4.39 Å². The zero-order chi connectivity index (χ0) is 24.5. The number of hydrogen-bond acceptors (Lipinski definition) is 2. The molecular weight excluding hydrogens is 499 g/mol. The van der Waals surface area contributed by atoms with Gasteiger partial charge in [0.2, 0.25) is 0 Å². The molecule has 0 heterocycles. The van der Waals surface area contributed by atoms with Crippen molar-refractivity contribution >= 4 is 10.1 Å². The van der Waals surface area contributed by atoms with Crippen molar-refractivity contribution in [3.8, 4) is 0 Å². The van der Waals surface area contributed by atoms with Gasteiger partial charge in [0.25, 0.3) is 10.1 Å². The van der Waals surface area contributed by atoms with E-state index < -0.39 is 57.1 Å². The Morgan fingerprint density at radius 2 is 0.724 bits per heavy atom. The van der Waals surface area contributed by atoms with E-state index in [0.29, 0.717) is 0 Å². The summed E-state index contributed by atoms with van der Waals surface area (Å²) in [7, 11) is -9.07. The maximum Gasteiger partial charge on any atom is 0.455 e. The van der Waals surface area contributed by atoms with E-state index in [2.05, 4.69) is 0 Å². The minimum absolute atomic E-state index is 8.08. The van der Waals surface area contributed by atoms with E-state index in [0.717, 1.165) is 0 Å². The highest BCUT2D eigenvalue weighted by molar-refractivity contribution is 7.87. The van der Waals surface area contributed by atoms with E-state index in [1.54, 1.807) is 0 Å². The highest BCUT2D eigenvalue weighted by atomic mass is 32.2. The van der Waals surface area contributed by atoms with Gasteiger partial charge < -0.3 is 0 Å². The second-order valence-corrected chi connectivity index (χ2v) is 6.52. The summed E-state index contributed by atoms with van der Waals surface area (Å²) in [4.78, 5) is 0. The zero-order valence-electron chi connectivity index (χ0n) is 12.1. The number of hydrogen-bond donors (Lipinski definition) is 1. The lowest BCUT2D eigenvalue weighted by atomic mass is 9.80. The Labute approximate surface area is 146 Å². The van der Waals surface area contributed by atoms with E-state index in [1.807, 2.05) is 0 Å². The molecule has 1 atom stereocenters. The molecule has 29 heavy (non-hydrogen) atoms. The molecule has 0 aliphatic carbocycles. The number of alkyl halides is 17. The summed E-state index contributed by atoms with van der Waals surface area (Å²) in [5.41, 5.74) is -8.98. The molecule has 0 aromatic heterocycles. The van der Waals surface area contributed by atoms with Gasteiger partial charge in [0, 0.05) is 0 Å². The SMILES string of the molecule is O=S(=O)(O)C(C(F)(F)F)(C(F)(F)C(F)(F)F)C(F)(F)C(F)(C(F)(F)F)C(F)(F)F. The van der Waals surface area contributed by atoms with E-state index in [4.69, 9.17) is 4.55 Å². The maximum atomic E-state index is 13.7. The average molecular weight is 500 g/mol. The van der Waals surface area contributed by atoms with E-state index in [-0.39, 0.29) is 0 Å². The molecule has 0 bridgehead atoms. The van der Waals surface area contributed by atoms with Crippen molar-refractivity contribution in [1.29, 1.82) is 0 Å². The molecule has 0 radical (unpaired) electrons. The predicted molar refractivity (Wildman–Crippen MR) is 52.2 cm³/mol. The molecular formula is C8HF17O3S. The third-order valence-electron chi connectivity index (χ3n) is 3.24. The van der Waals surface area contributed by atoms with Crippen LogP contribution in [-0.4, -0.2) is 59.9 Å². The Kier molecular flexibility index (Phi) is 6.08. The molecule has 0 aliphatic heterocycles. The molecule has 0 aromatic carbocycles. The van der Waals surface area contributed by atoms with E-state index in [1.165, 1.54) is 0 Å². The second kappa shape index (κ2) is 6.36. The topological polar surface area (TPSA) is 54.4 Å². The van der Waals surface area contributed by atoms with Gasteiger partial charge in [-0.15, -0.1) is 0 Å². The van der Waals surface area contributed by atoms with Gasteiger partial charge >= 0.3 is 47.0 Å². The minimum atomic E-state index is -9.30. The fourth-order valence-corrected chi connectivity index (χ4v) is 3.18. The Balaban J connectivity index is 8.15. The lowest BCUT2D eigenvalue weighted by molar-refractivity contribution is -0.439. The Bertz CT molecular complexity index is 708. The molecule has 176 valence electrons. The summed E-state index contributed by atoms with van der Waals surface area (Å²) in [6.45, 7) is 0. The molecule has 1 N–H and O–H groups in total. The second-order valence-electron chi connectivity index (χ2n) is 4.95. The first-order valence-electron chi connectivity index (χ1n) is 5.68. The standard InChI is InChI=1S/C8HF17O3S/c9-1(5(14,15)16,6(17,18)19)3(10,11)2(7(20,21)22,29(26,27)28)4(12,13)8(23,24)25/h(H,26,27,28). The lowest BCUT2D eigenvalue weighted by Gasteiger charge is -2.48. The number of rotatable bonds is 4. The molecule has 21 heteroatoms. The zero-order valence-corrected chi connectivity index (χ0v) is 12.9. The van der Waals surface area contributed by atoms with Crippen molar-refractivity contribution in [2.45, 2.75) is 47.0 Å². The van der Waals surface area contributed by atoms with Gasteiger partial charge in [-0.2, -0.15) is 78.7 Å². The first-order valence-corrected chi connectivity index (χ1v) is 7.12. The van der Waals surface area contributed by atoms with E-state index >= 15 is 0 Å². The molecule has 1 unspecified atom stereocenters. The molecule has 0 aromatic rings. The Morgan fingerprint density at radius 1 is 0.448 bits per heavy atom.